The lowest BCUT2D eigenvalue weighted by Gasteiger charge is -2.08. The van der Waals surface area contributed by atoms with E-state index in [1.807, 2.05) is 36.4 Å². The van der Waals surface area contributed by atoms with Crippen LogP contribution < -0.4 is 0 Å². The molecule has 0 saturated carbocycles. The highest BCUT2D eigenvalue weighted by Gasteiger charge is 2.05. The molecule has 0 radical (unpaired) electrons. The third-order valence-electron chi connectivity index (χ3n) is 3.13. The number of hydrogen-bond donors (Lipinski definition) is 1. The van der Waals surface area contributed by atoms with Crippen molar-refractivity contribution in [2.45, 2.75) is 18.9 Å². The lowest BCUT2D eigenvalue weighted by Crippen LogP contribution is -1.98. The van der Waals surface area contributed by atoms with Gasteiger partial charge in [-0.1, -0.05) is 56.1 Å². The third-order valence-corrected chi connectivity index (χ3v) is 4.59. The number of alkyl halides is 2. The average Bonchev–Trinajstić information content (AvgIpc) is 2.57. The predicted octanol–water partition coefficient (Wildman–Crippen LogP) is 6.37. The van der Waals surface area contributed by atoms with Crippen LogP contribution >= 0.6 is 55.1 Å². The molecule has 0 aliphatic carbocycles. The summed E-state index contributed by atoms with van der Waals surface area (Å²) in [6.45, 7) is 0. The third kappa shape index (κ3) is 8.13. The Morgan fingerprint density at radius 3 is 1.88 bits per heavy atom. The minimum atomic E-state index is -0.435. The van der Waals surface area contributed by atoms with E-state index in [1.165, 1.54) is 0 Å². The number of aliphatic hydroxyl groups excluding tert-OH is 1. The molecule has 1 atom stereocenters. The zero-order valence-corrected chi connectivity index (χ0v) is 17.6. The van der Waals surface area contributed by atoms with E-state index in [2.05, 4.69) is 31.9 Å². The predicted molar refractivity (Wildman–Crippen MR) is 108 cm³/mol. The minimum Gasteiger partial charge on any atom is -0.388 e. The molecule has 6 heteroatoms. The van der Waals surface area contributed by atoms with Crippen LogP contribution in [0.5, 0.6) is 0 Å². The van der Waals surface area contributed by atoms with Crippen molar-refractivity contribution in [2.24, 2.45) is 0 Å². The number of hydrogen-bond acceptors (Lipinski definition) is 2. The van der Waals surface area contributed by atoms with Crippen LogP contribution in [0.3, 0.4) is 0 Å². The minimum absolute atomic E-state index is 0.0949. The molecular weight excluding hydrogens is 479 g/mol. The Hall–Kier alpha value is -0.390. The van der Waals surface area contributed by atoms with Crippen LogP contribution in [0.2, 0.25) is 0 Å². The Bertz CT molecular complexity index is 616. The molecule has 0 bridgehead atoms. The number of Topliss-reactive ketones (excluding diaryl/α,β-unsaturated/α-hetero) is 1. The molecule has 0 aromatic heterocycles. The summed E-state index contributed by atoms with van der Waals surface area (Å²) < 4.78 is 1.99. The second-order valence-electron chi connectivity index (χ2n) is 4.91. The van der Waals surface area contributed by atoms with Crippen LogP contribution in [0.4, 0.5) is 0 Å². The second kappa shape index (κ2) is 12.0. The molecule has 0 aliphatic rings. The zero-order valence-electron chi connectivity index (χ0n) is 12.9. The standard InChI is InChI=1S/C9H10BrClO.C9H8BrClO/c2*10-8-3-1-7(2-4-8)9(12)5-6-11/h1-4,9,12H,5-6H2;1-4H,5-6H2. The molecule has 2 rings (SSSR count). The van der Waals surface area contributed by atoms with Gasteiger partial charge in [-0.05, 0) is 36.2 Å². The first kappa shape index (κ1) is 21.7. The maximum absolute atomic E-state index is 11.3. The van der Waals surface area contributed by atoms with Crippen LogP contribution in [0.25, 0.3) is 0 Å². The van der Waals surface area contributed by atoms with Crippen molar-refractivity contribution >= 4 is 60.8 Å². The van der Waals surface area contributed by atoms with Crippen molar-refractivity contribution in [3.63, 3.8) is 0 Å². The highest BCUT2D eigenvalue weighted by molar-refractivity contribution is 9.10. The fraction of sp³-hybridized carbons (Fsp3) is 0.278. The topological polar surface area (TPSA) is 37.3 Å². The Kier molecular flexibility index (Phi) is 10.9. The number of carbonyl (C=O) groups is 1. The van der Waals surface area contributed by atoms with Crippen LogP contribution in [0, 0.1) is 0 Å². The van der Waals surface area contributed by atoms with Crippen LogP contribution in [0.1, 0.15) is 34.9 Å². The first-order valence-corrected chi connectivity index (χ1v) is 9.97. The van der Waals surface area contributed by atoms with Crippen LogP contribution in [-0.2, 0) is 0 Å². The summed E-state index contributed by atoms with van der Waals surface area (Å²) in [6, 6.07) is 14.9. The summed E-state index contributed by atoms with van der Waals surface area (Å²) in [5.41, 5.74) is 1.64. The second-order valence-corrected chi connectivity index (χ2v) is 7.50. The number of ketones is 1. The fourth-order valence-electron chi connectivity index (χ4n) is 1.82. The molecule has 2 nitrogen and oxygen atoms in total. The van der Waals surface area contributed by atoms with Crippen molar-refractivity contribution in [2.75, 3.05) is 11.8 Å². The maximum atomic E-state index is 11.3. The average molecular weight is 497 g/mol. The van der Waals surface area contributed by atoms with Gasteiger partial charge in [0.1, 0.15) is 0 Å². The molecule has 2 aromatic carbocycles. The summed E-state index contributed by atoms with van der Waals surface area (Å²) in [5.74, 6) is 0.962. The smallest absolute Gasteiger partial charge is 0.164 e. The van der Waals surface area contributed by atoms with Gasteiger partial charge in [-0.15, -0.1) is 23.2 Å². The van der Waals surface area contributed by atoms with Gasteiger partial charge in [0.15, 0.2) is 5.78 Å². The monoisotopic (exact) mass is 494 g/mol. The summed E-state index contributed by atoms with van der Waals surface area (Å²) in [5, 5.41) is 9.51. The molecule has 1 N–H and O–H groups in total. The highest BCUT2D eigenvalue weighted by atomic mass is 79.9. The van der Waals surface area contributed by atoms with Gasteiger partial charge >= 0.3 is 0 Å². The molecule has 0 saturated heterocycles. The summed E-state index contributed by atoms with van der Waals surface area (Å²) in [6.07, 6.45) is 0.572. The van der Waals surface area contributed by atoms with Crippen molar-refractivity contribution in [1.29, 1.82) is 0 Å². The maximum Gasteiger partial charge on any atom is 0.164 e. The van der Waals surface area contributed by atoms with Gasteiger partial charge in [-0.3, -0.25) is 4.79 Å². The van der Waals surface area contributed by atoms with Gasteiger partial charge in [0, 0.05) is 32.7 Å². The van der Waals surface area contributed by atoms with Gasteiger partial charge in [-0.2, -0.15) is 0 Å². The van der Waals surface area contributed by atoms with Gasteiger partial charge < -0.3 is 5.11 Å². The largest absolute Gasteiger partial charge is 0.388 e. The van der Waals surface area contributed by atoms with Gasteiger partial charge in [0.2, 0.25) is 0 Å². The molecular formula is C18H18Br2Cl2O2. The van der Waals surface area contributed by atoms with Crippen LogP contribution in [0.15, 0.2) is 57.5 Å². The Labute approximate surface area is 169 Å². The van der Waals surface area contributed by atoms with Gasteiger partial charge in [0.05, 0.1) is 6.10 Å². The molecule has 0 spiro atoms. The van der Waals surface area contributed by atoms with Crippen LogP contribution in [-0.4, -0.2) is 22.6 Å². The first-order chi connectivity index (χ1) is 11.5. The Balaban J connectivity index is 0.000000240. The normalized spacial score (nSPS) is 11.4. The highest BCUT2D eigenvalue weighted by Crippen LogP contribution is 2.19. The van der Waals surface area contributed by atoms with E-state index in [1.54, 1.807) is 12.1 Å². The van der Waals surface area contributed by atoms with Crippen molar-refractivity contribution in [3.05, 3.63) is 68.6 Å². The zero-order chi connectivity index (χ0) is 17.9. The van der Waals surface area contributed by atoms with E-state index in [0.29, 0.717) is 24.6 Å². The molecule has 0 amide bonds. The molecule has 0 heterocycles. The first-order valence-electron chi connectivity index (χ1n) is 7.32. The molecule has 24 heavy (non-hydrogen) atoms. The van der Waals surface area contributed by atoms with E-state index in [0.717, 1.165) is 20.1 Å². The number of carbonyl (C=O) groups excluding carboxylic acids is 1. The van der Waals surface area contributed by atoms with E-state index < -0.39 is 6.10 Å². The summed E-state index contributed by atoms with van der Waals surface area (Å²) in [7, 11) is 0. The summed E-state index contributed by atoms with van der Waals surface area (Å²) >= 11 is 17.6. The van der Waals surface area contributed by atoms with E-state index in [9.17, 15) is 9.90 Å². The van der Waals surface area contributed by atoms with Crippen molar-refractivity contribution in [1.82, 2.24) is 0 Å². The number of benzene rings is 2. The lowest BCUT2D eigenvalue weighted by atomic mass is 10.1. The number of aliphatic hydroxyl groups is 1. The molecule has 0 aliphatic heterocycles. The molecule has 130 valence electrons. The van der Waals surface area contributed by atoms with Gasteiger partial charge in [0.25, 0.3) is 0 Å². The molecule has 0 fully saturated rings. The lowest BCUT2D eigenvalue weighted by molar-refractivity contribution is 0.0989. The SMILES string of the molecule is O=C(CCCl)c1ccc(Br)cc1.OC(CCCl)c1ccc(Br)cc1. The Morgan fingerprint density at radius 2 is 1.42 bits per heavy atom. The van der Waals surface area contributed by atoms with E-state index >= 15 is 0 Å². The quantitative estimate of drug-likeness (QED) is 0.372. The molecule has 2 aromatic rings. The van der Waals surface area contributed by atoms with E-state index in [4.69, 9.17) is 23.2 Å². The Morgan fingerprint density at radius 1 is 0.917 bits per heavy atom. The van der Waals surface area contributed by atoms with E-state index in [-0.39, 0.29) is 5.78 Å². The fourth-order valence-corrected chi connectivity index (χ4v) is 2.73. The van der Waals surface area contributed by atoms with Crippen molar-refractivity contribution < 1.29 is 9.90 Å². The van der Waals surface area contributed by atoms with Crippen molar-refractivity contribution in [3.8, 4) is 0 Å². The number of rotatable bonds is 6. The van der Waals surface area contributed by atoms with Gasteiger partial charge in [-0.25, -0.2) is 0 Å². The molecule has 1 unspecified atom stereocenters. The summed E-state index contributed by atoms with van der Waals surface area (Å²) in [4.78, 5) is 11.3. The number of halogens is 4.